The highest BCUT2D eigenvalue weighted by Crippen LogP contribution is 2.45. The molecule has 3 aromatic heterocycles. The number of hydrogen-bond acceptors (Lipinski definition) is 8. The summed E-state index contributed by atoms with van der Waals surface area (Å²) in [4.78, 5) is 13.4. The highest BCUT2D eigenvalue weighted by Gasteiger charge is 2.47. The van der Waals surface area contributed by atoms with Gasteiger partial charge in [-0.25, -0.2) is 19.2 Å². The molecule has 1 aliphatic carbocycles. The number of pyridine rings is 1. The fraction of sp³-hybridized carbons (Fsp3) is 0.455. The van der Waals surface area contributed by atoms with Crippen LogP contribution in [0.2, 0.25) is 0 Å². The molecule has 174 valence electrons. The first kappa shape index (κ1) is 21.8. The lowest BCUT2D eigenvalue weighted by atomic mass is 9.80. The van der Waals surface area contributed by atoms with Crippen molar-refractivity contribution in [2.24, 2.45) is 5.10 Å². The molecule has 0 bridgehead atoms. The van der Waals surface area contributed by atoms with E-state index in [1.165, 1.54) is 18.7 Å². The molecule has 1 spiro atoms. The van der Waals surface area contributed by atoms with E-state index in [9.17, 15) is 8.76 Å². The molecule has 1 aliphatic heterocycles. The van der Waals surface area contributed by atoms with Crippen molar-refractivity contribution >= 4 is 45.5 Å². The second kappa shape index (κ2) is 8.38. The van der Waals surface area contributed by atoms with Crippen LogP contribution in [0.4, 0.5) is 17.5 Å². The van der Waals surface area contributed by atoms with Crippen LogP contribution in [0, 0.1) is 0 Å². The molecule has 0 aromatic carbocycles. The Balaban J connectivity index is 1.62. The summed E-state index contributed by atoms with van der Waals surface area (Å²) in [5, 5.41) is 11.1. The minimum atomic E-state index is -2.12. The van der Waals surface area contributed by atoms with Crippen LogP contribution in [0.3, 0.4) is 0 Å². The minimum absolute atomic E-state index is 0.0944. The predicted octanol–water partition coefficient (Wildman–Crippen LogP) is 4.00. The second-order valence-corrected chi connectivity index (χ2v) is 9.63. The van der Waals surface area contributed by atoms with Gasteiger partial charge in [-0.3, -0.25) is 4.57 Å². The molecular weight excluding hydrogens is 442 g/mol. The lowest BCUT2D eigenvalue weighted by Gasteiger charge is -2.44. The summed E-state index contributed by atoms with van der Waals surface area (Å²) < 4.78 is 28.5. The molecule has 1 atom stereocenters. The minimum Gasteiger partial charge on any atom is -0.481 e. The molecule has 0 radical (unpaired) electrons. The maximum atomic E-state index is 11.2. The monoisotopic (exact) mass is 469 g/mol. The Bertz CT molecular complexity index is 1230. The topological polar surface area (TPSA) is 118 Å². The zero-order valence-electron chi connectivity index (χ0n) is 18.9. The average Bonchev–Trinajstić information content (AvgIpc) is 3.20. The van der Waals surface area contributed by atoms with Crippen LogP contribution in [0.1, 0.15) is 46.0 Å². The molecule has 0 saturated heterocycles. The van der Waals surface area contributed by atoms with Crippen LogP contribution in [-0.4, -0.2) is 47.3 Å². The zero-order chi connectivity index (χ0) is 23.2. The Morgan fingerprint density at radius 1 is 1.18 bits per heavy atom. The molecular formula is C22H27N7O3S. The maximum absolute atomic E-state index is 11.2. The van der Waals surface area contributed by atoms with Gasteiger partial charge in [-0.05, 0) is 44.9 Å². The number of nitrogens with one attached hydrogen (secondary N) is 1. The molecule has 1 fully saturated rings. The van der Waals surface area contributed by atoms with Crippen molar-refractivity contribution in [3.05, 3.63) is 30.6 Å². The molecule has 10 nitrogen and oxygen atoms in total. The lowest BCUT2D eigenvalue weighted by Crippen LogP contribution is -2.50. The molecule has 5 rings (SSSR count). The molecule has 1 unspecified atom stereocenters. The van der Waals surface area contributed by atoms with Crippen LogP contribution >= 0.6 is 0 Å². The van der Waals surface area contributed by atoms with Gasteiger partial charge in [-0.2, -0.15) is 4.98 Å². The second-order valence-electron chi connectivity index (χ2n) is 8.71. The van der Waals surface area contributed by atoms with E-state index in [0.29, 0.717) is 11.6 Å². The van der Waals surface area contributed by atoms with E-state index >= 15 is 0 Å². The summed E-state index contributed by atoms with van der Waals surface area (Å²) in [6, 6.07) is 5.41. The highest BCUT2D eigenvalue weighted by molar-refractivity contribution is 7.79. The van der Waals surface area contributed by atoms with Crippen LogP contribution in [0.25, 0.3) is 11.0 Å². The number of hydrogen-bond donors (Lipinski definition) is 2. The van der Waals surface area contributed by atoms with Gasteiger partial charge in [0.25, 0.3) is 0 Å². The number of anilines is 3. The number of methoxy groups -OCH3 is 1. The zero-order valence-corrected chi connectivity index (χ0v) is 19.7. The van der Waals surface area contributed by atoms with Crippen molar-refractivity contribution in [2.75, 3.05) is 17.4 Å². The van der Waals surface area contributed by atoms with E-state index in [-0.39, 0.29) is 16.6 Å². The van der Waals surface area contributed by atoms with E-state index in [1.807, 2.05) is 11.2 Å². The lowest BCUT2D eigenvalue weighted by molar-refractivity contribution is 0.219. The summed E-state index contributed by atoms with van der Waals surface area (Å²) >= 11 is -2.12. The van der Waals surface area contributed by atoms with Crippen molar-refractivity contribution in [3.8, 4) is 0 Å². The van der Waals surface area contributed by atoms with Crippen LogP contribution in [-0.2, 0) is 21.4 Å². The van der Waals surface area contributed by atoms with Crippen molar-refractivity contribution in [3.63, 3.8) is 0 Å². The summed E-state index contributed by atoms with van der Waals surface area (Å²) in [6.45, 7) is 4.21. The maximum Gasteiger partial charge on any atom is 0.232 e. The van der Waals surface area contributed by atoms with Crippen LogP contribution < -0.4 is 10.3 Å². The van der Waals surface area contributed by atoms with Gasteiger partial charge in [0, 0.05) is 17.6 Å². The van der Waals surface area contributed by atoms with Gasteiger partial charge in [0.1, 0.15) is 17.0 Å². The summed E-state index contributed by atoms with van der Waals surface area (Å²) in [5.74, 6) is 2.14. The Morgan fingerprint density at radius 3 is 2.61 bits per heavy atom. The largest absolute Gasteiger partial charge is 0.481 e. The SMILES string of the molecule is COC1=NN(C(C)C)c2cc3cnc(Nc4ccc(S(=O)O)nc4)nc3n2C12CCCCC2. The van der Waals surface area contributed by atoms with E-state index in [0.717, 1.165) is 48.4 Å². The Morgan fingerprint density at radius 2 is 1.97 bits per heavy atom. The molecule has 2 N–H and O–H groups in total. The molecule has 0 amide bonds. The Labute approximate surface area is 194 Å². The van der Waals surface area contributed by atoms with Gasteiger partial charge >= 0.3 is 0 Å². The number of rotatable bonds is 4. The van der Waals surface area contributed by atoms with Gasteiger partial charge in [-0.1, -0.05) is 19.3 Å². The van der Waals surface area contributed by atoms with E-state index in [4.69, 9.17) is 14.8 Å². The van der Waals surface area contributed by atoms with E-state index in [1.54, 1.807) is 13.2 Å². The van der Waals surface area contributed by atoms with E-state index in [2.05, 4.69) is 39.8 Å². The molecule has 11 heteroatoms. The van der Waals surface area contributed by atoms with Crippen LogP contribution in [0.5, 0.6) is 0 Å². The Kier molecular flexibility index (Phi) is 5.53. The molecule has 4 heterocycles. The number of nitrogens with zero attached hydrogens (tertiary/aromatic N) is 6. The molecule has 3 aromatic rings. The summed E-state index contributed by atoms with van der Waals surface area (Å²) in [7, 11) is 1.70. The summed E-state index contributed by atoms with van der Waals surface area (Å²) in [6.07, 6.45) is 8.58. The van der Waals surface area contributed by atoms with Gasteiger partial charge in [-0.15, -0.1) is 5.10 Å². The van der Waals surface area contributed by atoms with Crippen molar-refractivity contribution in [1.29, 1.82) is 0 Å². The fourth-order valence-electron chi connectivity index (χ4n) is 4.84. The predicted molar refractivity (Wildman–Crippen MR) is 127 cm³/mol. The van der Waals surface area contributed by atoms with Crippen LogP contribution in [0.15, 0.2) is 40.7 Å². The first-order valence-corrected chi connectivity index (χ1v) is 12.2. The number of hydrazone groups is 1. The number of ether oxygens (including phenoxy) is 1. The average molecular weight is 470 g/mol. The van der Waals surface area contributed by atoms with Gasteiger partial charge in [0.2, 0.25) is 22.9 Å². The quantitative estimate of drug-likeness (QED) is 0.551. The van der Waals surface area contributed by atoms with Gasteiger partial charge in [0.15, 0.2) is 5.03 Å². The van der Waals surface area contributed by atoms with E-state index < -0.39 is 11.1 Å². The molecule has 33 heavy (non-hydrogen) atoms. The standard InChI is InChI=1S/C22H27N7O3S/c1-14(2)29-18-11-15-12-24-21(25-16-7-8-17(23-13-16)33(30)31)26-19(15)28(18)22(20(27-29)32-3)9-5-4-6-10-22/h7-8,11-14H,4-6,9-10H2,1-3H3,(H,30,31)(H,24,25,26). The van der Waals surface area contributed by atoms with Gasteiger partial charge < -0.3 is 14.6 Å². The smallest absolute Gasteiger partial charge is 0.232 e. The molecule has 1 saturated carbocycles. The third-order valence-electron chi connectivity index (χ3n) is 6.32. The third kappa shape index (κ3) is 3.65. The van der Waals surface area contributed by atoms with Gasteiger partial charge in [0.05, 0.1) is 19.0 Å². The Hall–Kier alpha value is -3.05. The van der Waals surface area contributed by atoms with Crippen molar-refractivity contribution in [2.45, 2.75) is 62.6 Å². The van der Waals surface area contributed by atoms with Crippen molar-refractivity contribution < 1.29 is 13.5 Å². The number of fused-ring (bicyclic) bond motifs is 4. The van der Waals surface area contributed by atoms with Crippen molar-refractivity contribution in [1.82, 2.24) is 19.5 Å². The normalized spacial score (nSPS) is 18.3. The highest BCUT2D eigenvalue weighted by atomic mass is 32.2. The summed E-state index contributed by atoms with van der Waals surface area (Å²) in [5.41, 5.74) is 1.08. The first-order chi connectivity index (χ1) is 15.9. The third-order valence-corrected chi connectivity index (χ3v) is 6.91. The fourth-order valence-corrected chi connectivity index (χ4v) is 5.16. The first-order valence-electron chi connectivity index (χ1n) is 11.1. The number of aromatic nitrogens is 4. The molecule has 2 aliphatic rings.